The van der Waals surface area contributed by atoms with E-state index in [0.29, 0.717) is 0 Å². The fourth-order valence-corrected chi connectivity index (χ4v) is 1.82. The highest BCUT2D eigenvalue weighted by Gasteiger charge is 2.47. The van der Waals surface area contributed by atoms with E-state index in [0.717, 1.165) is 18.8 Å². The molecule has 62 valence electrons. The van der Waals surface area contributed by atoms with Crippen LogP contribution in [-0.2, 0) is 5.85 Å². The molecule has 0 aromatic heterocycles. The second-order valence-corrected chi connectivity index (χ2v) is 3.13. The van der Waals surface area contributed by atoms with Crippen molar-refractivity contribution in [3.63, 3.8) is 0 Å². The Morgan fingerprint density at radius 3 is 2.67 bits per heavy atom. The van der Waals surface area contributed by atoms with E-state index < -0.39 is 0 Å². The van der Waals surface area contributed by atoms with E-state index >= 15 is 0 Å². The summed E-state index contributed by atoms with van der Waals surface area (Å²) in [4.78, 5) is 0. The summed E-state index contributed by atoms with van der Waals surface area (Å²) in [5.41, 5.74) is 1.22. The SMILES string of the molecule is c1ccc2c(c1)OC21NCCN1. The molecule has 0 unspecified atom stereocenters. The van der Waals surface area contributed by atoms with Crippen molar-refractivity contribution in [2.45, 2.75) is 5.85 Å². The minimum absolute atomic E-state index is 0.351. The minimum Gasteiger partial charge on any atom is -0.455 e. The van der Waals surface area contributed by atoms with Gasteiger partial charge in [-0.15, -0.1) is 0 Å². The predicted octanol–water partition coefficient (Wildman–Crippen LogP) is 0.382. The second-order valence-electron chi connectivity index (χ2n) is 3.13. The maximum atomic E-state index is 5.61. The molecule has 1 aromatic rings. The van der Waals surface area contributed by atoms with Gasteiger partial charge in [0.25, 0.3) is 0 Å². The second kappa shape index (κ2) is 2.00. The van der Waals surface area contributed by atoms with Gasteiger partial charge in [0.05, 0.1) is 5.56 Å². The summed E-state index contributed by atoms with van der Waals surface area (Å²) in [6.45, 7) is 1.93. The summed E-state index contributed by atoms with van der Waals surface area (Å²) >= 11 is 0. The Morgan fingerprint density at radius 1 is 1.17 bits per heavy atom. The van der Waals surface area contributed by atoms with Crippen LogP contribution < -0.4 is 15.4 Å². The molecule has 2 aliphatic rings. The third-order valence-electron chi connectivity index (χ3n) is 2.40. The van der Waals surface area contributed by atoms with E-state index in [1.165, 1.54) is 5.56 Å². The van der Waals surface area contributed by atoms with Crippen molar-refractivity contribution in [1.29, 1.82) is 0 Å². The number of nitrogens with one attached hydrogen (secondary N) is 2. The van der Waals surface area contributed by atoms with Crippen LogP contribution in [0.3, 0.4) is 0 Å². The molecule has 2 aliphatic heterocycles. The normalized spacial score (nSPS) is 23.0. The summed E-state index contributed by atoms with van der Waals surface area (Å²) in [5, 5.41) is 6.58. The number of rotatable bonds is 0. The zero-order chi connectivity index (χ0) is 8.02. The fraction of sp³-hybridized carbons (Fsp3) is 0.333. The van der Waals surface area contributed by atoms with Crippen LogP contribution in [0.1, 0.15) is 5.56 Å². The van der Waals surface area contributed by atoms with E-state index in [2.05, 4.69) is 16.7 Å². The van der Waals surface area contributed by atoms with Gasteiger partial charge in [-0.1, -0.05) is 12.1 Å². The van der Waals surface area contributed by atoms with Crippen LogP contribution in [0, 0.1) is 0 Å². The molecule has 0 amide bonds. The van der Waals surface area contributed by atoms with Crippen LogP contribution in [0.5, 0.6) is 5.75 Å². The molecule has 0 radical (unpaired) electrons. The highest BCUT2D eigenvalue weighted by atomic mass is 16.6. The topological polar surface area (TPSA) is 33.3 Å². The Hall–Kier alpha value is -1.06. The molecule has 1 saturated heterocycles. The Kier molecular flexibility index (Phi) is 1.07. The van der Waals surface area contributed by atoms with E-state index in [-0.39, 0.29) is 5.85 Å². The molecule has 0 atom stereocenters. The number of ether oxygens (including phenoxy) is 1. The molecule has 2 heterocycles. The summed E-state index contributed by atoms with van der Waals surface area (Å²) in [6, 6.07) is 8.10. The maximum absolute atomic E-state index is 5.61. The van der Waals surface area contributed by atoms with Crippen LogP contribution in [0.15, 0.2) is 24.3 Å². The molecule has 2 N–H and O–H groups in total. The molecular formula is C9H10N2O. The third kappa shape index (κ3) is 0.629. The lowest BCUT2D eigenvalue weighted by Crippen LogP contribution is -2.56. The monoisotopic (exact) mass is 162 g/mol. The van der Waals surface area contributed by atoms with Crippen LogP contribution in [0.25, 0.3) is 0 Å². The van der Waals surface area contributed by atoms with Crippen molar-refractivity contribution in [3.05, 3.63) is 29.8 Å². The lowest BCUT2D eigenvalue weighted by molar-refractivity contribution is -0.0241. The standard InChI is InChI=1S/C9H10N2O/c1-2-4-8-7(3-1)9(12-8)10-5-6-11-9/h1-4,10-11H,5-6H2. The largest absolute Gasteiger partial charge is 0.455 e. The first-order valence-electron chi connectivity index (χ1n) is 4.19. The van der Waals surface area contributed by atoms with Crippen LogP contribution in [-0.4, -0.2) is 13.1 Å². The molecule has 3 nitrogen and oxygen atoms in total. The third-order valence-corrected chi connectivity index (χ3v) is 2.40. The van der Waals surface area contributed by atoms with E-state index in [4.69, 9.17) is 4.74 Å². The number of para-hydroxylation sites is 1. The van der Waals surface area contributed by atoms with Crippen LogP contribution >= 0.6 is 0 Å². The molecule has 0 saturated carbocycles. The molecule has 3 rings (SSSR count). The number of hydrogen-bond acceptors (Lipinski definition) is 3. The smallest absolute Gasteiger partial charge is 0.248 e. The van der Waals surface area contributed by atoms with Gasteiger partial charge >= 0.3 is 0 Å². The molecular weight excluding hydrogens is 152 g/mol. The Morgan fingerprint density at radius 2 is 1.92 bits per heavy atom. The van der Waals surface area contributed by atoms with E-state index in [9.17, 15) is 0 Å². The predicted molar refractivity (Wildman–Crippen MR) is 44.8 cm³/mol. The highest BCUT2D eigenvalue weighted by molar-refractivity contribution is 5.45. The Balaban J connectivity index is 2.06. The van der Waals surface area contributed by atoms with Gasteiger partial charge < -0.3 is 4.74 Å². The van der Waals surface area contributed by atoms with Gasteiger partial charge in [0.1, 0.15) is 5.75 Å². The summed E-state index contributed by atoms with van der Waals surface area (Å²) < 4.78 is 5.61. The molecule has 3 heteroatoms. The molecule has 1 spiro atoms. The summed E-state index contributed by atoms with van der Waals surface area (Å²) in [5.74, 6) is 0.635. The molecule has 0 aliphatic carbocycles. The van der Waals surface area contributed by atoms with Crippen molar-refractivity contribution >= 4 is 0 Å². The Bertz CT molecular complexity index is 318. The molecule has 1 aromatic carbocycles. The quantitative estimate of drug-likeness (QED) is 0.578. The first kappa shape index (κ1) is 6.46. The van der Waals surface area contributed by atoms with Gasteiger partial charge in [-0.2, -0.15) is 0 Å². The summed E-state index contributed by atoms with van der Waals surface area (Å²) in [6.07, 6.45) is 0. The van der Waals surface area contributed by atoms with Crippen molar-refractivity contribution in [3.8, 4) is 5.75 Å². The minimum atomic E-state index is -0.351. The number of benzene rings is 1. The molecule has 12 heavy (non-hydrogen) atoms. The van der Waals surface area contributed by atoms with Gasteiger partial charge in [0.15, 0.2) is 0 Å². The zero-order valence-corrected chi connectivity index (χ0v) is 6.63. The maximum Gasteiger partial charge on any atom is 0.248 e. The van der Waals surface area contributed by atoms with Crippen molar-refractivity contribution in [2.75, 3.05) is 13.1 Å². The average Bonchev–Trinajstić information content (AvgIpc) is 2.54. The van der Waals surface area contributed by atoms with E-state index in [1.54, 1.807) is 0 Å². The van der Waals surface area contributed by atoms with Gasteiger partial charge in [0, 0.05) is 13.1 Å². The zero-order valence-electron chi connectivity index (χ0n) is 6.63. The van der Waals surface area contributed by atoms with Crippen LogP contribution in [0.4, 0.5) is 0 Å². The van der Waals surface area contributed by atoms with Crippen molar-refractivity contribution < 1.29 is 4.74 Å². The van der Waals surface area contributed by atoms with Gasteiger partial charge in [-0.3, -0.25) is 10.6 Å². The highest BCUT2D eigenvalue weighted by Crippen LogP contribution is 2.40. The first-order valence-corrected chi connectivity index (χ1v) is 4.19. The van der Waals surface area contributed by atoms with E-state index in [1.807, 2.05) is 18.2 Å². The van der Waals surface area contributed by atoms with Gasteiger partial charge in [-0.25, -0.2) is 0 Å². The molecule has 1 fully saturated rings. The fourth-order valence-electron chi connectivity index (χ4n) is 1.82. The number of hydrogen-bond donors (Lipinski definition) is 2. The van der Waals surface area contributed by atoms with Gasteiger partial charge in [0.2, 0.25) is 5.85 Å². The Labute approximate surface area is 70.7 Å². The van der Waals surface area contributed by atoms with Crippen LogP contribution in [0.2, 0.25) is 0 Å². The van der Waals surface area contributed by atoms with Crippen molar-refractivity contribution in [2.24, 2.45) is 0 Å². The van der Waals surface area contributed by atoms with Crippen molar-refractivity contribution in [1.82, 2.24) is 10.6 Å². The van der Waals surface area contributed by atoms with Gasteiger partial charge in [-0.05, 0) is 12.1 Å². The first-order chi connectivity index (χ1) is 5.91. The summed E-state index contributed by atoms with van der Waals surface area (Å²) in [7, 11) is 0. The average molecular weight is 162 g/mol. The lowest BCUT2D eigenvalue weighted by Gasteiger charge is -2.40. The lowest BCUT2D eigenvalue weighted by atomic mass is 10.0. The number of fused-ring (bicyclic) bond motifs is 2. The molecule has 0 bridgehead atoms.